The molecule has 0 bridgehead atoms. The second-order valence-corrected chi connectivity index (χ2v) is 9.29. The van der Waals surface area contributed by atoms with E-state index in [9.17, 15) is 18.0 Å². The summed E-state index contributed by atoms with van der Waals surface area (Å²) in [6.45, 7) is 3.01. The van der Waals surface area contributed by atoms with Crippen LogP contribution < -0.4 is 10.0 Å². The highest BCUT2D eigenvalue weighted by atomic mass is 35.5. The van der Waals surface area contributed by atoms with Crippen LogP contribution in [0.1, 0.15) is 30.1 Å². The second kappa shape index (κ2) is 9.59. The van der Waals surface area contributed by atoms with Gasteiger partial charge in [0.15, 0.2) is 0 Å². The SMILES string of the molecule is CCNS(=O)(=O)c1ccc(NC(=O)C2CCN(C(=O)c3ccc(Cl)cc3)CC2)cc1. The fourth-order valence-electron chi connectivity index (χ4n) is 3.35. The highest BCUT2D eigenvalue weighted by Gasteiger charge is 2.28. The molecule has 3 rings (SSSR count). The lowest BCUT2D eigenvalue weighted by Crippen LogP contribution is -2.41. The maximum Gasteiger partial charge on any atom is 0.253 e. The Morgan fingerprint density at radius 2 is 1.63 bits per heavy atom. The van der Waals surface area contributed by atoms with E-state index in [2.05, 4.69) is 10.0 Å². The third kappa shape index (κ3) is 5.38. The fourth-order valence-corrected chi connectivity index (χ4v) is 4.52. The summed E-state index contributed by atoms with van der Waals surface area (Å²) in [4.78, 5) is 27.0. The van der Waals surface area contributed by atoms with E-state index in [0.29, 0.717) is 48.7 Å². The lowest BCUT2D eigenvalue weighted by molar-refractivity contribution is -0.121. The topological polar surface area (TPSA) is 95.6 Å². The number of halogens is 1. The van der Waals surface area contributed by atoms with Crippen LogP contribution in [0, 0.1) is 5.92 Å². The minimum atomic E-state index is -3.52. The number of likely N-dealkylation sites (tertiary alicyclic amines) is 1. The van der Waals surface area contributed by atoms with Crippen molar-refractivity contribution in [2.24, 2.45) is 5.92 Å². The molecule has 160 valence electrons. The molecule has 1 heterocycles. The average molecular weight is 450 g/mol. The molecule has 2 N–H and O–H groups in total. The number of benzene rings is 2. The van der Waals surface area contributed by atoms with Crippen molar-refractivity contribution in [2.75, 3.05) is 25.0 Å². The second-order valence-electron chi connectivity index (χ2n) is 7.09. The summed E-state index contributed by atoms with van der Waals surface area (Å²) in [5, 5.41) is 3.41. The Hall–Kier alpha value is -2.42. The maximum atomic E-state index is 12.6. The summed E-state index contributed by atoms with van der Waals surface area (Å²) in [6.07, 6.45) is 1.14. The van der Waals surface area contributed by atoms with Crippen molar-refractivity contribution in [1.29, 1.82) is 0 Å². The minimum absolute atomic E-state index is 0.0667. The van der Waals surface area contributed by atoms with Crippen LogP contribution in [0.15, 0.2) is 53.4 Å². The highest BCUT2D eigenvalue weighted by Crippen LogP contribution is 2.22. The molecule has 1 aliphatic heterocycles. The van der Waals surface area contributed by atoms with E-state index in [-0.39, 0.29) is 22.6 Å². The van der Waals surface area contributed by atoms with Gasteiger partial charge >= 0.3 is 0 Å². The van der Waals surface area contributed by atoms with E-state index in [0.717, 1.165) is 0 Å². The molecule has 9 heteroatoms. The zero-order chi connectivity index (χ0) is 21.7. The van der Waals surface area contributed by atoms with Crippen molar-refractivity contribution in [3.8, 4) is 0 Å². The van der Waals surface area contributed by atoms with Crippen LogP contribution in [0.3, 0.4) is 0 Å². The van der Waals surface area contributed by atoms with Gasteiger partial charge in [0.2, 0.25) is 15.9 Å². The van der Waals surface area contributed by atoms with Gasteiger partial charge in [-0.25, -0.2) is 13.1 Å². The van der Waals surface area contributed by atoms with Crippen molar-refractivity contribution in [2.45, 2.75) is 24.7 Å². The molecule has 1 aliphatic rings. The van der Waals surface area contributed by atoms with Crippen molar-refractivity contribution in [3.05, 3.63) is 59.1 Å². The zero-order valence-corrected chi connectivity index (χ0v) is 18.2. The number of nitrogens with zero attached hydrogens (tertiary/aromatic N) is 1. The fraction of sp³-hybridized carbons (Fsp3) is 0.333. The van der Waals surface area contributed by atoms with Gasteiger partial charge in [0.25, 0.3) is 5.91 Å². The van der Waals surface area contributed by atoms with Crippen LogP contribution >= 0.6 is 11.6 Å². The van der Waals surface area contributed by atoms with Crippen LogP contribution in [0.4, 0.5) is 5.69 Å². The van der Waals surface area contributed by atoms with E-state index in [4.69, 9.17) is 11.6 Å². The first-order valence-corrected chi connectivity index (χ1v) is 11.6. The summed E-state index contributed by atoms with van der Waals surface area (Å²) >= 11 is 5.87. The van der Waals surface area contributed by atoms with Gasteiger partial charge in [0.1, 0.15) is 0 Å². The van der Waals surface area contributed by atoms with Crippen molar-refractivity contribution in [1.82, 2.24) is 9.62 Å². The van der Waals surface area contributed by atoms with Gasteiger partial charge in [0.05, 0.1) is 4.90 Å². The number of nitrogens with one attached hydrogen (secondary N) is 2. The Morgan fingerprint density at radius 1 is 1.03 bits per heavy atom. The molecule has 0 saturated carbocycles. The predicted molar refractivity (Wildman–Crippen MR) is 116 cm³/mol. The number of carbonyl (C=O) groups excluding carboxylic acids is 2. The van der Waals surface area contributed by atoms with Gasteiger partial charge < -0.3 is 10.2 Å². The summed E-state index contributed by atoms with van der Waals surface area (Å²) in [5.74, 6) is -0.400. The van der Waals surface area contributed by atoms with E-state index in [1.165, 1.54) is 12.1 Å². The number of anilines is 1. The molecular formula is C21H24ClN3O4S. The molecular weight excluding hydrogens is 426 g/mol. The van der Waals surface area contributed by atoms with Gasteiger partial charge in [0, 0.05) is 41.8 Å². The van der Waals surface area contributed by atoms with E-state index in [1.807, 2.05) is 0 Å². The molecule has 2 amide bonds. The van der Waals surface area contributed by atoms with Crippen LogP contribution in [0.25, 0.3) is 0 Å². The lowest BCUT2D eigenvalue weighted by atomic mass is 9.95. The van der Waals surface area contributed by atoms with Gasteiger partial charge in [-0.1, -0.05) is 18.5 Å². The van der Waals surface area contributed by atoms with Gasteiger partial charge in [-0.15, -0.1) is 0 Å². The minimum Gasteiger partial charge on any atom is -0.339 e. The number of rotatable bonds is 6. The highest BCUT2D eigenvalue weighted by molar-refractivity contribution is 7.89. The summed E-state index contributed by atoms with van der Waals surface area (Å²) < 4.78 is 26.4. The largest absolute Gasteiger partial charge is 0.339 e. The van der Waals surface area contributed by atoms with E-state index in [1.54, 1.807) is 48.2 Å². The molecule has 0 unspecified atom stereocenters. The predicted octanol–water partition coefficient (Wildman–Crippen LogP) is 3.13. The molecule has 0 aliphatic carbocycles. The Balaban J connectivity index is 1.54. The molecule has 30 heavy (non-hydrogen) atoms. The van der Waals surface area contributed by atoms with E-state index >= 15 is 0 Å². The monoisotopic (exact) mass is 449 g/mol. The van der Waals surface area contributed by atoms with Crippen molar-refractivity contribution in [3.63, 3.8) is 0 Å². The van der Waals surface area contributed by atoms with Crippen LogP contribution in [0.5, 0.6) is 0 Å². The molecule has 0 spiro atoms. The maximum absolute atomic E-state index is 12.6. The molecule has 1 saturated heterocycles. The van der Waals surface area contributed by atoms with Crippen molar-refractivity contribution >= 4 is 39.1 Å². The number of sulfonamides is 1. The number of amides is 2. The normalized spacial score (nSPS) is 15.1. The molecule has 0 radical (unpaired) electrons. The van der Waals surface area contributed by atoms with Crippen LogP contribution in [-0.4, -0.2) is 44.8 Å². The Bertz CT molecular complexity index is 1000. The smallest absolute Gasteiger partial charge is 0.253 e. The number of piperidine rings is 1. The third-order valence-corrected chi connectivity index (χ3v) is 6.82. The zero-order valence-electron chi connectivity index (χ0n) is 16.6. The molecule has 7 nitrogen and oxygen atoms in total. The Kier molecular flexibility index (Phi) is 7.12. The first-order valence-electron chi connectivity index (χ1n) is 9.75. The van der Waals surface area contributed by atoms with Gasteiger partial charge in [-0.05, 0) is 61.4 Å². The Morgan fingerprint density at radius 3 is 2.20 bits per heavy atom. The third-order valence-electron chi connectivity index (χ3n) is 5.01. The first-order chi connectivity index (χ1) is 14.3. The first kappa shape index (κ1) is 22.3. The molecule has 0 aromatic heterocycles. The van der Waals surface area contributed by atoms with Gasteiger partial charge in [-0.3, -0.25) is 9.59 Å². The summed E-state index contributed by atoms with van der Waals surface area (Å²) in [6, 6.07) is 12.8. The van der Waals surface area contributed by atoms with E-state index < -0.39 is 10.0 Å². The molecule has 1 fully saturated rings. The number of hydrogen-bond acceptors (Lipinski definition) is 4. The summed E-state index contributed by atoms with van der Waals surface area (Å²) in [5.41, 5.74) is 1.12. The number of hydrogen-bond donors (Lipinski definition) is 2. The Labute approximate surface area is 181 Å². The van der Waals surface area contributed by atoms with Crippen molar-refractivity contribution < 1.29 is 18.0 Å². The number of carbonyl (C=O) groups is 2. The van der Waals surface area contributed by atoms with Crippen LogP contribution in [-0.2, 0) is 14.8 Å². The molecule has 0 atom stereocenters. The van der Waals surface area contributed by atoms with Gasteiger partial charge in [-0.2, -0.15) is 0 Å². The molecule has 2 aromatic carbocycles. The quantitative estimate of drug-likeness (QED) is 0.708. The molecule has 2 aromatic rings. The lowest BCUT2D eigenvalue weighted by Gasteiger charge is -2.31. The summed E-state index contributed by atoms with van der Waals surface area (Å²) in [7, 11) is -3.52. The standard InChI is InChI=1S/C21H24ClN3O4S/c1-2-23-30(28,29)19-9-7-18(8-10-19)24-20(26)15-11-13-25(14-12-15)21(27)16-3-5-17(22)6-4-16/h3-10,15,23H,2,11-14H2,1H3,(H,24,26). The average Bonchev–Trinajstić information content (AvgIpc) is 2.74. The van der Waals surface area contributed by atoms with Crippen LogP contribution in [0.2, 0.25) is 5.02 Å².